The van der Waals surface area contributed by atoms with Crippen LogP contribution in [0.4, 0.5) is 11.5 Å². The van der Waals surface area contributed by atoms with E-state index in [0.717, 1.165) is 43.0 Å². The van der Waals surface area contributed by atoms with Gasteiger partial charge in [-0.2, -0.15) is 0 Å². The molecule has 0 aliphatic carbocycles. The lowest BCUT2D eigenvalue weighted by atomic mass is 10.2. The Morgan fingerprint density at radius 3 is 2.75 bits per heavy atom. The fraction of sp³-hybridized carbons (Fsp3) is 0.538. The number of hydrogen-bond acceptors (Lipinski definition) is 6. The Kier molecular flexibility index (Phi) is 5.19. The van der Waals surface area contributed by atoms with Gasteiger partial charge in [-0.15, -0.1) is 0 Å². The van der Waals surface area contributed by atoms with Gasteiger partial charge in [0.15, 0.2) is 5.82 Å². The van der Waals surface area contributed by atoms with Crippen molar-refractivity contribution in [2.45, 2.75) is 6.42 Å². The third-order valence-corrected chi connectivity index (χ3v) is 3.83. The molecule has 1 aliphatic rings. The van der Waals surface area contributed by atoms with Gasteiger partial charge in [-0.3, -0.25) is 9.69 Å². The monoisotopic (exact) mass is 342 g/mol. The molecule has 0 bridgehead atoms. The predicted molar refractivity (Wildman–Crippen MR) is 81.6 cm³/mol. The van der Waals surface area contributed by atoms with Crippen molar-refractivity contribution in [1.82, 2.24) is 9.88 Å². The summed E-state index contributed by atoms with van der Waals surface area (Å²) in [6.07, 6.45) is 2.20. The molecule has 110 valence electrons. The van der Waals surface area contributed by atoms with E-state index in [1.165, 1.54) is 7.11 Å². The van der Waals surface area contributed by atoms with Gasteiger partial charge in [0.05, 0.1) is 19.2 Å². The summed E-state index contributed by atoms with van der Waals surface area (Å²) in [5, 5.41) is 0. The van der Waals surface area contributed by atoms with Crippen molar-refractivity contribution < 1.29 is 9.53 Å². The summed E-state index contributed by atoms with van der Waals surface area (Å²) in [5.41, 5.74) is 6.68. The van der Waals surface area contributed by atoms with Gasteiger partial charge in [0.2, 0.25) is 0 Å². The molecule has 0 saturated carbocycles. The SMILES string of the molecule is COC(=O)CCN1CCN(c2ncc(Br)cc2N)CC1. The van der Waals surface area contributed by atoms with Crippen molar-refractivity contribution in [3.63, 3.8) is 0 Å². The van der Waals surface area contributed by atoms with Crippen LogP contribution in [0.3, 0.4) is 0 Å². The molecule has 7 heteroatoms. The number of nitrogen functional groups attached to an aromatic ring is 1. The first kappa shape index (κ1) is 15.1. The fourth-order valence-electron chi connectivity index (χ4n) is 2.25. The molecule has 1 aliphatic heterocycles. The summed E-state index contributed by atoms with van der Waals surface area (Å²) in [5.74, 6) is 0.673. The standard InChI is InChI=1S/C13H19BrN4O2/c1-20-12(19)2-3-17-4-6-18(7-5-17)13-11(15)8-10(14)9-16-13/h8-9H,2-7,15H2,1H3. The Balaban J connectivity index is 1.86. The highest BCUT2D eigenvalue weighted by Crippen LogP contribution is 2.24. The molecule has 1 aromatic heterocycles. The number of pyridine rings is 1. The minimum absolute atomic E-state index is 0.161. The van der Waals surface area contributed by atoms with Gasteiger partial charge in [-0.1, -0.05) is 0 Å². The van der Waals surface area contributed by atoms with Crippen LogP contribution in [0.1, 0.15) is 6.42 Å². The van der Waals surface area contributed by atoms with Gasteiger partial charge in [0, 0.05) is 43.4 Å². The van der Waals surface area contributed by atoms with Crippen molar-refractivity contribution in [1.29, 1.82) is 0 Å². The molecule has 0 unspecified atom stereocenters. The number of esters is 1. The van der Waals surface area contributed by atoms with Crippen LogP contribution in [0.2, 0.25) is 0 Å². The molecule has 0 atom stereocenters. The highest BCUT2D eigenvalue weighted by Gasteiger charge is 2.20. The molecule has 0 aromatic carbocycles. The Labute approximate surface area is 127 Å². The molecular formula is C13H19BrN4O2. The number of aromatic nitrogens is 1. The number of rotatable bonds is 4. The molecular weight excluding hydrogens is 324 g/mol. The predicted octanol–water partition coefficient (Wildman–Crippen LogP) is 1.11. The average molecular weight is 343 g/mol. The quantitative estimate of drug-likeness (QED) is 0.826. The normalized spacial score (nSPS) is 16.2. The second-order valence-electron chi connectivity index (χ2n) is 4.72. The van der Waals surface area contributed by atoms with Crippen molar-refractivity contribution >= 4 is 33.4 Å². The first-order valence-electron chi connectivity index (χ1n) is 6.55. The van der Waals surface area contributed by atoms with Crippen molar-refractivity contribution in [3.05, 3.63) is 16.7 Å². The molecule has 2 rings (SSSR count). The van der Waals surface area contributed by atoms with Crippen LogP contribution in [-0.2, 0) is 9.53 Å². The second kappa shape index (κ2) is 6.90. The van der Waals surface area contributed by atoms with E-state index in [4.69, 9.17) is 5.73 Å². The number of piperazine rings is 1. The minimum Gasteiger partial charge on any atom is -0.469 e. The first-order valence-corrected chi connectivity index (χ1v) is 7.34. The summed E-state index contributed by atoms with van der Waals surface area (Å²) in [7, 11) is 1.42. The third-order valence-electron chi connectivity index (χ3n) is 3.39. The van der Waals surface area contributed by atoms with Gasteiger partial charge in [0.25, 0.3) is 0 Å². The minimum atomic E-state index is -0.161. The summed E-state index contributed by atoms with van der Waals surface area (Å²) in [6, 6.07) is 1.87. The van der Waals surface area contributed by atoms with E-state index in [9.17, 15) is 4.79 Å². The zero-order chi connectivity index (χ0) is 14.5. The first-order chi connectivity index (χ1) is 9.60. The number of carbonyl (C=O) groups is 1. The van der Waals surface area contributed by atoms with Crippen LogP contribution in [0, 0.1) is 0 Å². The molecule has 1 aromatic rings. The highest BCUT2D eigenvalue weighted by molar-refractivity contribution is 9.10. The van der Waals surface area contributed by atoms with Crippen molar-refractivity contribution in [2.75, 3.05) is 50.5 Å². The van der Waals surface area contributed by atoms with Crippen LogP contribution < -0.4 is 10.6 Å². The van der Waals surface area contributed by atoms with E-state index >= 15 is 0 Å². The lowest BCUT2D eigenvalue weighted by Crippen LogP contribution is -2.47. The van der Waals surface area contributed by atoms with Crippen LogP contribution in [0.15, 0.2) is 16.7 Å². The smallest absolute Gasteiger partial charge is 0.306 e. The molecule has 0 radical (unpaired) electrons. The zero-order valence-electron chi connectivity index (χ0n) is 11.5. The summed E-state index contributed by atoms with van der Waals surface area (Å²) in [4.78, 5) is 19.9. The summed E-state index contributed by atoms with van der Waals surface area (Å²) in [6.45, 7) is 4.26. The van der Waals surface area contributed by atoms with E-state index in [0.29, 0.717) is 12.1 Å². The maximum absolute atomic E-state index is 11.1. The van der Waals surface area contributed by atoms with Gasteiger partial charge in [-0.05, 0) is 22.0 Å². The van der Waals surface area contributed by atoms with E-state index < -0.39 is 0 Å². The summed E-state index contributed by atoms with van der Waals surface area (Å²) >= 11 is 3.36. The van der Waals surface area contributed by atoms with Crippen LogP contribution in [0.5, 0.6) is 0 Å². The number of anilines is 2. The molecule has 0 amide bonds. The Hall–Kier alpha value is -1.34. The maximum atomic E-state index is 11.1. The third kappa shape index (κ3) is 3.83. The van der Waals surface area contributed by atoms with E-state index in [-0.39, 0.29) is 5.97 Å². The molecule has 2 N–H and O–H groups in total. The number of hydrogen-bond donors (Lipinski definition) is 1. The Morgan fingerprint density at radius 1 is 1.45 bits per heavy atom. The molecule has 0 spiro atoms. The Bertz CT molecular complexity index is 475. The number of nitrogens with zero attached hydrogens (tertiary/aromatic N) is 3. The number of carbonyl (C=O) groups excluding carboxylic acids is 1. The van der Waals surface area contributed by atoms with E-state index in [2.05, 4.69) is 35.5 Å². The second-order valence-corrected chi connectivity index (χ2v) is 5.64. The molecule has 20 heavy (non-hydrogen) atoms. The van der Waals surface area contributed by atoms with E-state index in [1.54, 1.807) is 6.20 Å². The highest BCUT2D eigenvalue weighted by atomic mass is 79.9. The van der Waals surface area contributed by atoms with Gasteiger partial charge in [0.1, 0.15) is 0 Å². The zero-order valence-corrected chi connectivity index (χ0v) is 13.1. The molecule has 1 saturated heterocycles. The maximum Gasteiger partial charge on any atom is 0.306 e. The number of halogens is 1. The molecule has 1 fully saturated rings. The van der Waals surface area contributed by atoms with E-state index in [1.807, 2.05) is 6.07 Å². The number of ether oxygens (including phenoxy) is 1. The molecule has 6 nitrogen and oxygen atoms in total. The van der Waals surface area contributed by atoms with Gasteiger partial charge >= 0.3 is 5.97 Å². The van der Waals surface area contributed by atoms with Gasteiger partial charge in [-0.25, -0.2) is 4.98 Å². The van der Waals surface area contributed by atoms with Crippen LogP contribution in [0.25, 0.3) is 0 Å². The Morgan fingerprint density at radius 2 is 2.15 bits per heavy atom. The lowest BCUT2D eigenvalue weighted by Gasteiger charge is -2.35. The van der Waals surface area contributed by atoms with Gasteiger partial charge < -0.3 is 15.4 Å². The van der Waals surface area contributed by atoms with Crippen LogP contribution >= 0.6 is 15.9 Å². The van der Waals surface area contributed by atoms with Crippen LogP contribution in [-0.4, -0.2) is 55.7 Å². The number of methoxy groups -OCH3 is 1. The molecule has 2 heterocycles. The largest absolute Gasteiger partial charge is 0.469 e. The van der Waals surface area contributed by atoms with Crippen molar-refractivity contribution in [3.8, 4) is 0 Å². The van der Waals surface area contributed by atoms with Crippen molar-refractivity contribution in [2.24, 2.45) is 0 Å². The lowest BCUT2D eigenvalue weighted by molar-refractivity contribution is -0.141. The average Bonchev–Trinajstić information content (AvgIpc) is 2.45. The number of nitrogens with two attached hydrogens (primary N) is 1. The topological polar surface area (TPSA) is 71.7 Å². The summed E-state index contributed by atoms with van der Waals surface area (Å²) < 4.78 is 5.54. The fourth-order valence-corrected chi connectivity index (χ4v) is 2.60.